The van der Waals surface area contributed by atoms with Crippen LogP contribution in [0.4, 0.5) is 0 Å². The first kappa shape index (κ1) is 18.3. The van der Waals surface area contributed by atoms with Crippen LogP contribution in [0.1, 0.15) is 60.7 Å². The molecule has 1 aromatic rings. The average molecular weight is 483 g/mol. The Morgan fingerprint density at radius 2 is 1.19 bits per heavy atom. The molecule has 1 radical (unpaired) electrons. The van der Waals surface area contributed by atoms with Crippen LogP contribution in [0.3, 0.4) is 0 Å². The molecular formula is C17H25NO2Pb-. The molecule has 1 aliphatic rings. The van der Waals surface area contributed by atoms with Crippen molar-refractivity contribution in [1.29, 1.82) is 0 Å². The number of amides is 2. The molecule has 4 heteroatoms. The topological polar surface area (TPSA) is 48.2 Å². The number of carbonyl (C=O) groups is 2. The van der Waals surface area contributed by atoms with Gasteiger partial charge >= 0.3 is 74.7 Å². The first-order valence-corrected chi connectivity index (χ1v) is 16.1. The molecule has 21 heavy (non-hydrogen) atoms. The van der Waals surface area contributed by atoms with Crippen LogP contribution in [-0.4, -0.2) is 34.5 Å². The summed E-state index contributed by atoms with van der Waals surface area (Å²) in [7, 11) is 0. The number of hydrogen-bond donors (Lipinski definition) is 0. The molecule has 0 aliphatic carbocycles. The summed E-state index contributed by atoms with van der Waals surface area (Å²) in [5, 5.41) is 3.28. The van der Waals surface area contributed by atoms with Gasteiger partial charge in [0, 0.05) is 11.1 Å². The Bertz CT molecular complexity index is 426. The molecular weight excluding hydrogens is 457 g/mol. The molecule has 1 aromatic carbocycles. The normalized spacial score (nSPS) is 12.8. The van der Waals surface area contributed by atoms with E-state index in [1.54, 1.807) is 36.2 Å². The Labute approximate surface area is 136 Å². The summed E-state index contributed by atoms with van der Waals surface area (Å²) in [6, 6.07) is 6.63. The Kier molecular flexibility index (Phi) is 8.80. The summed E-state index contributed by atoms with van der Waals surface area (Å²) in [6.45, 7) is 7.03. The minimum atomic E-state index is -0.907. The van der Waals surface area contributed by atoms with Crippen LogP contribution in [-0.2, 0) is 0 Å². The quantitative estimate of drug-likeness (QED) is 0.420. The van der Waals surface area contributed by atoms with E-state index in [1.807, 2.05) is 0 Å². The van der Waals surface area contributed by atoms with Crippen molar-refractivity contribution in [1.82, 2.24) is 0 Å². The standard InChI is InChI=1S/C8H5NO2.3C3H7.Pb/c10-7-5-3-1-2-4-6(5)8(11)9-7;3*1-3-2;/h1-4H,(H,9,10,11);3*1,3H2,2H3;/p-1. The maximum absolute atomic E-state index is 10.9. The Morgan fingerprint density at radius 1 is 0.810 bits per heavy atom. The minimum Gasteiger partial charge on any atom is -0.587 e. The van der Waals surface area contributed by atoms with Gasteiger partial charge in [-0.05, 0) is 0 Å². The molecule has 2 rings (SSSR count). The van der Waals surface area contributed by atoms with Gasteiger partial charge < -0.3 is 14.9 Å². The van der Waals surface area contributed by atoms with Crippen LogP contribution in [0.2, 0.25) is 11.9 Å². The molecule has 0 saturated carbocycles. The second kappa shape index (κ2) is 10.1. The Morgan fingerprint density at radius 3 is 1.52 bits per heavy atom. The van der Waals surface area contributed by atoms with Crippen LogP contribution in [0.25, 0.3) is 5.32 Å². The first-order chi connectivity index (χ1) is 10.1. The zero-order valence-electron chi connectivity index (χ0n) is 13.3. The SMILES string of the molecule is CC[CH2][Pb]([CH2]CC)[CH2]CC.O=C1[N-]C(=O)c2ccccc21. The van der Waals surface area contributed by atoms with Gasteiger partial charge in [-0.1, -0.05) is 24.3 Å². The van der Waals surface area contributed by atoms with Crippen molar-refractivity contribution in [2.24, 2.45) is 0 Å². The van der Waals surface area contributed by atoms with Crippen LogP contribution in [0, 0.1) is 0 Å². The molecule has 115 valence electrons. The second-order valence-corrected chi connectivity index (χ2v) is 16.9. The summed E-state index contributed by atoms with van der Waals surface area (Å²) < 4.78 is 4.98. The molecule has 0 bridgehead atoms. The molecule has 0 spiro atoms. The number of nitrogens with zero attached hydrogens (tertiary/aromatic N) is 1. The zero-order valence-corrected chi connectivity index (χ0v) is 17.2. The van der Waals surface area contributed by atoms with Crippen LogP contribution < -0.4 is 0 Å². The van der Waals surface area contributed by atoms with Crippen LogP contribution >= 0.6 is 0 Å². The van der Waals surface area contributed by atoms with Gasteiger partial charge in [0.15, 0.2) is 0 Å². The molecule has 0 fully saturated rings. The second-order valence-electron chi connectivity index (χ2n) is 5.27. The van der Waals surface area contributed by atoms with Gasteiger partial charge in [0.2, 0.25) is 0 Å². The summed E-state index contributed by atoms with van der Waals surface area (Å²) in [6.07, 6.45) is 4.38. The van der Waals surface area contributed by atoms with Crippen LogP contribution in [0.15, 0.2) is 24.3 Å². The van der Waals surface area contributed by atoms with Crippen molar-refractivity contribution < 1.29 is 9.59 Å². The molecule has 2 amide bonds. The van der Waals surface area contributed by atoms with E-state index in [1.165, 1.54) is 19.3 Å². The summed E-state index contributed by atoms with van der Waals surface area (Å²) >= 11 is -0.907. The number of hydrogen-bond acceptors (Lipinski definition) is 2. The van der Waals surface area contributed by atoms with E-state index in [2.05, 4.69) is 26.1 Å². The maximum Gasteiger partial charge on any atom is 0.0883 e. The smallest absolute Gasteiger partial charge is 0.0883 e. The third-order valence-corrected chi connectivity index (χ3v) is 17.5. The van der Waals surface area contributed by atoms with E-state index >= 15 is 0 Å². The predicted molar refractivity (Wildman–Crippen MR) is 89.5 cm³/mol. The van der Waals surface area contributed by atoms with Gasteiger partial charge in [-0.2, -0.15) is 0 Å². The molecule has 0 atom stereocenters. The van der Waals surface area contributed by atoms with E-state index < -0.39 is 34.5 Å². The molecule has 0 aromatic heterocycles. The van der Waals surface area contributed by atoms with Gasteiger partial charge in [-0.3, -0.25) is 0 Å². The fourth-order valence-electron chi connectivity index (χ4n) is 2.50. The number of fused-ring (bicyclic) bond motifs is 1. The van der Waals surface area contributed by atoms with E-state index in [0.29, 0.717) is 11.1 Å². The number of carbonyl (C=O) groups excluding carboxylic acids is 2. The number of rotatable bonds is 6. The summed E-state index contributed by atoms with van der Waals surface area (Å²) in [4.78, 5) is 21.8. The summed E-state index contributed by atoms with van der Waals surface area (Å²) in [5.41, 5.74) is 0.829. The molecule has 3 nitrogen and oxygen atoms in total. The van der Waals surface area contributed by atoms with Crippen LogP contribution in [0.5, 0.6) is 0 Å². The van der Waals surface area contributed by atoms with Gasteiger partial charge in [0.05, 0.1) is 11.8 Å². The van der Waals surface area contributed by atoms with Crippen molar-refractivity contribution in [2.45, 2.75) is 52.0 Å². The van der Waals surface area contributed by atoms with Crippen molar-refractivity contribution in [2.75, 3.05) is 0 Å². The molecule has 0 unspecified atom stereocenters. The van der Waals surface area contributed by atoms with E-state index in [0.717, 1.165) is 0 Å². The minimum absolute atomic E-state index is 0.414. The first-order valence-electron chi connectivity index (χ1n) is 7.86. The predicted octanol–water partition coefficient (Wildman–Crippen LogP) is 5.07. The largest absolute Gasteiger partial charge is 0.587 e. The van der Waals surface area contributed by atoms with Gasteiger partial charge in [-0.15, -0.1) is 0 Å². The number of benzene rings is 1. The maximum atomic E-state index is 10.9. The van der Waals surface area contributed by atoms with E-state index in [-0.39, 0.29) is 0 Å². The van der Waals surface area contributed by atoms with Gasteiger partial charge in [0.1, 0.15) is 0 Å². The van der Waals surface area contributed by atoms with E-state index in [9.17, 15) is 9.59 Å². The Hall–Kier alpha value is -0.718. The third-order valence-electron chi connectivity index (χ3n) is 3.40. The molecule has 1 aliphatic heterocycles. The average Bonchev–Trinajstić information content (AvgIpc) is 2.76. The van der Waals surface area contributed by atoms with Gasteiger partial charge in [-0.25, -0.2) is 0 Å². The van der Waals surface area contributed by atoms with Crippen molar-refractivity contribution in [3.63, 3.8) is 0 Å². The van der Waals surface area contributed by atoms with Crippen molar-refractivity contribution in [3.05, 3.63) is 40.7 Å². The third kappa shape index (κ3) is 5.89. The van der Waals surface area contributed by atoms with Crippen molar-refractivity contribution >= 4 is 34.5 Å². The summed E-state index contributed by atoms with van der Waals surface area (Å²) in [5.74, 6) is -0.851. The van der Waals surface area contributed by atoms with Crippen molar-refractivity contribution in [3.8, 4) is 0 Å². The molecule has 0 saturated heterocycles. The Balaban J connectivity index is 0.000000212. The van der Waals surface area contributed by atoms with Gasteiger partial charge in [0.25, 0.3) is 0 Å². The van der Waals surface area contributed by atoms with E-state index in [4.69, 9.17) is 0 Å². The fourth-order valence-corrected chi connectivity index (χ4v) is 13.7. The fraction of sp³-hybridized carbons (Fsp3) is 0.529. The molecule has 1 heterocycles. The monoisotopic (exact) mass is 483 g/mol. The molecule has 0 N–H and O–H groups in total. The zero-order chi connectivity index (χ0) is 15.7. The number of imide groups is 1.